The van der Waals surface area contributed by atoms with Crippen molar-refractivity contribution < 1.29 is 4.39 Å². The fraction of sp³-hybridized carbons (Fsp3) is 0.333. The normalized spacial score (nSPS) is 14.8. The highest BCUT2D eigenvalue weighted by Gasteiger charge is 2.18. The molecule has 3 aromatic rings. The zero-order chi connectivity index (χ0) is 15.1. The van der Waals surface area contributed by atoms with E-state index in [2.05, 4.69) is 4.98 Å². The van der Waals surface area contributed by atoms with Gasteiger partial charge in [0.1, 0.15) is 5.82 Å². The molecule has 2 heterocycles. The predicted molar refractivity (Wildman–Crippen MR) is 84.4 cm³/mol. The molecule has 0 atom stereocenters. The number of aryl methyl sites for hydroxylation is 3. The van der Waals surface area contributed by atoms with Crippen LogP contribution in [0.15, 0.2) is 30.5 Å². The van der Waals surface area contributed by atoms with Gasteiger partial charge in [-0.05, 0) is 55.9 Å². The van der Waals surface area contributed by atoms with Gasteiger partial charge in [0.15, 0.2) is 5.65 Å². The van der Waals surface area contributed by atoms with E-state index in [1.165, 1.54) is 42.7 Å². The predicted octanol–water partition coefficient (Wildman–Crippen LogP) is 4.11. The van der Waals surface area contributed by atoms with E-state index in [0.717, 1.165) is 35.3 Å². The van der Waals surface area contributed by atoms with Crippen molar-refractivity contribution in [2.75, 3.05) is 0 Å². The number of aromatic nitrogens is 3. The van der Waals surface area contributed by atoms with Crippen LogP contribution in [0.25, 0.3) is 16.8 Å². The van der Waals surface area contributed by atoms with Gasteiger partial charge in [-0.3, -0.25) is 0 Å². The molecule has 0 unspecified atom stereocenters. The molecule has 0 bridgehead atoms. The Morgan fingerprint density at radius 2 is 1.82 bits per heavy atom. The maximum atomic E-state index is 13.2. The van der Waals surface area contributed by atoms with E-state index in [9.17, 15) is 4.39 Å². The van der Waals surface area contributed by atoms with E-state index in [1.807, 2.05) is 17.6 Å². The Morgan fingerprint density at radius 3 is 2.64 bits per heavy atom. The maximum absolute atomic E-state index is 13.2. The first kappa shape index (κ1) is 13.4. The summed E-state index contributed by atoms with van der Waals surface area (Å²) in [6, 6.07) is 6.57. The molecule has 0 fully saturated rings. The highest BCUT2D eigenvalue weighted by molar-refractivity contribution is 5.79. The Labute approximate surface area is 128 Å². The second kappa shape index (κ2) is 5.20. The van der Waals surface area contributed by atoms with Gasteiger partial charge in [0.2, 0.25) is 0 Å². The third-order valence-corrected chi connectivity index (χ3v) is 4.50. The number of fused-ring (bicyclic) bond motifs is 3. The molecule has 0 spiro atoms. The number of rotatable bonds is 1. The largest absolute Gasteiger partial charge is 0.236 e. The molecule has 4 rings (SSSR count). The summed E-state index contributed by atoms with van der Waals surface area (Å²) in [6.07, 6.45) is 7.84. The Balaban J connectivity index is 1.95. The Bertz CT molecular complexity index is 834. The van der Waals surface area contributed by atoms with Crippen LogP contribution in [0.3, 0.4) is 0 Å². The fourth-order valence-corrected chi connectivity index (χ4v) is 3.39. The minimum absolute atomic E-state index is 0.222. The molecule has 4 heteroatoms. The van der Waals surface area contributed by atoms with Crippen LogP contribution >= 0.6 is 0 Å². The maximum Gasteiger partial charge on any atom is 0.163 e. The first-order valence-electron chi connectivity index (χ1n) is 7.86. The van der Waals surface area contributed by atoms with E-state index >= 15 is 0 Å². The van der Waals surface area contributed by atoms with Gasteiger partial charge in [0.05, 0.1) is 5.69 Å². The lowest BCUT2D eigenvalue weighted by Crippen LogP contribution is -2.04. The van der Waals surface area contributed by atoms with Gasteiger partial charge in [0.25, 0.3) is 0 Å². The summed E-state index contributed by atoms with van der Waals surface area (Å²) in [5.74, 6) is -0.222. The fourth-order valence-electron chi connectivity index (χ4n) is 3.39. The van der Waals surface area contributed by atoms with Gasteiger partial charge >= 0.3 is 0 Å². The lowest BCUT2D eigenvalue weighted by molar-refractivity contribution is 0.628. The van der Waals surface area contributed by atoms with Crippen LogP contribution in [0.2, 0.25) is 0 Å². The van der Waals surface area contributed by atoms with Crippen molar-refractivity contribution in [1.82, 2.24) is 14.6 Å². The summed E-state index contributed by atoms with van der Waals surface area (Å²) in [5, 5.41) is 4.73. The molecular formula is C18H18FN3. The highest BCUT2D eigenvalue weighted by Crippen LogP contribution is 2.30. The van der Waals surface area contributed by atoms with Gasteiger partial charge in [-0.25, -0.2) is 13.9 Å². The van der Waals surface area contributed by atoms with Gasteiger partial charge < -0.3 is 0 Å². The molecule has 1 aliphatic carbocycles. The van der Waals surface area contributed by atoms with Gasteiger partial charge in [-0.2, -0.15) is 5.10 Å². The third-order valence-electron chi connectivity index (χ3n) is 4.50. The molecule has 0 N–H and O–H groups in total. The van der Waals surface area contributed by atoms with Crippen LogP contribution < -0.4 is 0 Å². The Kier molecular flexibility index (Phi) is 3.17. The number of nitrogens with zero attached hydrogens (tertiary/aromatic N) is 3. The molecule has 3 nitrogen and oxygen atoms in total. The highest BCUT2D eigenvalue weighted by atomic mass is 19.1. The number of benzene rings is 1. The van der Waals surface area contributed by atoms with Crippen LogP contribution in [0.4, 0.5) is 4.39 Å². The van der Waals surface area contributed by atoms with Crippen molar-refractivity contribution in [2.24, 2.45) is 0 Å². The number of hydrogen-bond donors (Lipinski definition) is 0. The van der Waals surface area contributed by atoms with Gasteiger partial charge in [0, 0.05) is 17.5 Å². The minimum atomic E-state index is -0.222. The molecule has 0 radical (unpaired) electrons. The zero-order valence-electron chi connectivity index (χ0n) is 12.6. The minimum Gasteiger partial charge on any atom is -0.236 e. The first-order valence-corrected chi connectivity index (χ1v) is 7.86. The quantitative estimate of drug-likeness (QED) is 0.632. The second-order valence-corrected chi connectivity index (χ2v) is 5.99. The molecule has 0 amide bonds. The third kappa shape index (κ3) is 2.10. The molecule has 22 heavy (non-hydrogen) atoms. The van der Waals surface area contributed by atoms with Crippen molar-refractivity contribution in [3.8, 4) is 11.1 Å². The van der Waals surface area contributed by atoms with E-state index < -0.39 is 0 Å². The molecular weight excluding hydrogens is 277 g/mol. The number of halogens is 1. The standard InChI is InChI=1S/C18H18FN3/c1-12-17(13-7-9-15(19)10-8-13)18-20-11-14-5-3-2-4-6-16(14)22(18)21-12/h7-11H,2-6H2,1H3. The summed E-state index contributed by atoms with van der Waals surface area (Å²) in [7, 11) is 0. The molecule has 2 aromatic heterocycles. The molecule has 0 aliphatic heterocycles. The van der Waals surface area contributed by atoms with Crippen molar-refractivity contribution >= 4 is 5.65 Å². The molecule has 0 saturated carbocycles. The molecule has 1 aromatic carbocycles. The monoisotopic (exact) mass is 295 g/mol. The van der Waals surface area contributed by atoms with E-state index in [0.29, 0.717) is 0 Å². The van der Waals surface area contributed by atoms with Gasteiger partial charge in [-0.15, -0.1) is 0 Å². The van der Waals surface area contributed by atoms with Crippen LogP contribution in [0, 0.1) is 12.7 Å². The lowest BCUT2D eigenvalue weighted by atomic mass is 10.1. The smallest absolute Gasteiger partial charge is 0.163 e. The average molecular weight is 295 g/mol. The Morgan fingerprint density at radius 1 is 1.05 bits per heavy atom. The summed E-state index contributed by atoms with van der Waals surface area (Å²) < 4.78 is 15.2. The summed E-state index contributed by atoms with van der Waals surface area (Å²) in [6.45, 7) is 2.00. The van der Waals surface area contributed by atoms with E-state index in [4.69, 9.17) is 5.10 Å². The molecule has 112 valence electrons. The summed E-state index contributed by atoms with van der Waals surface area (Å²) in [4.78, 5) is 4.66. The van der Waals surface area contributed by atoms with E-state index in [1.54, 1.807) is 12.1 Å². The second-order valence-electron chi connectivity index (χ2n) is 5.99. The van der Waals surface area contributed by atoms with Crippen LogP contribution in [0.5, 0.6) is 0 Å². The first-order chi connectivity index (χ1) is 10.7. The van der Waals surface area contributed by atoms with Crippen molar-refractivity contribution in [3.05, 3.63) is 53.2 Å². The average Bonchev–Trinajstić information content (AvgIpc) is 2.71. The number of hydrogen-bond acceptors (Lipinski definition) is 2. The zero-order valence-corrected chi connectivity index (χ0v) is 12.6. The Hall–Kier alpha value is -2.23. The van der Waals surface area contributed by atoms with Crippen molar-refractivity contribution in [1.29, 1.82) is 0 Å². The summed E-state index contributed by atoms with van der Waals surface area (Å²) in [5.41, 5.74) is 6.40. The van der Waals surface area contributed by atoms with Crippen molar-refractivity contribution in [3.63, 3.8) is 0 Å². The van der Waals surface area contributed by atoms with Crippen LogP contribution in [-0.2, 0) is 12.8 Å². The SMILES string of the molecule is Cc1nn2c3c(cnc2c1-c1ccc(F)cc1)CCCCC3. The topological polar surface area (TPSA) is 30.2 Å². The van der Waals surface area contributed by atoms with Crippen LogP contribution in [-0.4, -0.2) is 14.6 Å². The van der Waals surface area contributed by atoms with Gasteiger partial charge in [-0.1, -0.05) is 18.6 Å². The van der Waals surface area contributed by atoms with E-state index in [-0.39, 0.29) is 5.82 Å². The van der Waals surface area contributed by atoms with Crippen molar-refractivity contribution in [2.45, 2.75) is 39.0 Å². The molecule has 0 saturated heterocycles. The lowest BCUT2D eigenvalue weighted by Gasteiger charge is -2.08. The molecule has 1 aliphatic rings. The van der Waals surface area contributed by atoms with Crippen LogP contribution in [0.1, 0.15) is 36.2 Å². The summed E-state index contributed by atoms with van der Waals surface area (Å²) >= 11 is 0.